The largest absolute Gasteiger partial charge is 0.487 e. The highest BCUT2D eigenvalue weighted by Crippen LogP contribution is 2.48. The van der Waals surface area contributed by atoms with Crippen LogP contribution < -0.4 is 15.0 Å². The summed E-state index contributed by atoms with van der Waals surface area (Å²) in [6, 6.07) is 9.47. The maximum atomic E-state index is 12.7. The monoisotopic (exact) mass is 534 g/mol. The molecule has 0 bridgehead atoms. The zero-order chi connectivity index (χ0) is 24.7. The number of esters is 1. The lowest BCUT2D eigenvalue weighted by molar-refractivity contribution is 0.0528. The highest BCUT2D eigenvalue weighted by Gasteiger charge is 2.57. The van der Waals surface area contributed by atoms with E-state index in [1.807, 2.05) is 30.3 Å². The number of benzene rings is 1. The second kappa shape index (κ2) is 9.72. The van der Waals surface area contributed by atoms with E-state index in [0.29, 0.717) is 38.9 Å². The Hall–Kier alpha value is -2.75. The molecular weight excluding hydrogens is 511 g/mol. The van der Waals surface area contributed by atoms with Crippen LogP contribution in [0.1, 0.15) is 38.5 Å². The van der Waals surface area contributed by atoms with Crippen LogP contribution in [0.5, 0.6) is 5.75 Å². The molecule has 2 N–H and O–H groups in total. The van der Waals surface area contributed by atoms with Gasteiger partial charge in [0, 0.05) is 36.7 Å². The van der Waals surface area contributed by atoms with E-state index in [4.69, 9.17) is 37.7 Å². The first-order valence-electron chi connectivity index (χ1n) is 11.3. The first kappa shape index (κ1) is 24.0. The topological polar surface area (TPSA) is 96.6 Å². The number of nitrogens with one attached hydrogen (secondary N) is 2. The lowest BCUT2D eigenvalue weighted by Gasteiger charge is -2.19. The number of halogens is 2. The van der Waals surface area contributed by atoms with Crippen LogP contribution in [0.25, 0.3) is 0 Å². The number of hydrogen-bond donors (Lipinski definition) is 2. The van der Waals surface area contributed by atoms with E-state index in [9.17, 15) is 9.59 Å². The maximum Gasteiger partial charge on any atom is 0.350 e. The summed E-state index contributed by atoms with van der Waals surface area (Å²) >= 11 is 13.6. The first-order chi connectivity index (χ1) is 16.9. The number of piperidine rings is 1. The highest BCUT2D eigenvalue weighted by molar-refractivity contribution is 7.17. The lowest BCUT2D eigenvalue weighted by Crippen LogP contribution is -2.34. The van der Waals surface area contributed by atoms with Crippen molar-refractivity contribution in [3.05, 3.63) is 62.3 Å². The van der Waals surface area contributed by atoms with Crippen LogP contribution in [0.15, 0.2) is 30.3 Å². The normalized spacial score (nSPS) is 20.5. The second-order valence-electron chi connectivity index (χ2n) is 8.58. The number of aromatic amines is 1. The molecule has 3 heterocycles. The summed E-state index contributed by atoms with van der Waals surface area (Å²) in [5.74, 6) is 0.673. The van der Waals surface area contributed by atoms with Crippen LogP contribution in [-0.2, 0) is 11.3 Å². The number of aryl methyl sites for hydroxylation is 1. The molecule has 1 aliphatic heterocycles. The zero-order valence-corrected chi connectivity index (χ0v) is 21.5. The third-order valence-electron chi connectivity index (χ3n) is 6.31. The summed E-state index contributed by atoms with van der Waals surface area (Å²) in [6.07, 6.45) is 0. The number of ether oxygens (including phenoxy) is 2. The summed E-state index contributed by atoms with van der Waals surface area (Å²) in [5.41, 5.74) is 1.52. The van der Waals surface area contributed by atoms with Crippen molar-refractivity contribution in [1.29, 1.82) is 0 Å². The van der Waals surface area contributed by atoms with Gasteiger partial charge < -0.3 is 24.7 Å². The van der Waals surface area contributed by atoms with Gasteiger partial charge in [0.25, 0.3) is 5.91 Å². The molecule has 0 spiro atoms. The molecule has 0 radical (unpaired) electrons. The molecule has 2 fully saturated rings. The van der Waals surface area contributed by atoms with Gasteiger partial charge in [-0.3, -0.25) is 4.79 Å². The molecule has 0 unspecified atom stereocenters. The first-order valence-corrected chi connectivity index (χ1v) is 12.9. The fraction of sp³-hybridized carbons (Fsp3) is 0.375. The Morgan fingerprint density at radius 3 is 2.54 bits per heavy atom. The van der Waals surface area contributed by atoms with Crippen molar-refractivity contribution in [2.45, 2.75) is 26.5 Å². The van der Waals surface area contributed by atoms with Gasteiger partial charge in [-0.25, -0.2) is 9.78 Å². The van der Waals surface area contributed by atoms with E-state index in [2.05, 4.69) is 15.2 Å². The van der Waals surface area contributed by atoms with Gasteiger partial charge in [-0.15, -0.1) is 0 Å². The molecule has 35 heavy (non-hydrogen) atoms. The number of carbonyl (C=O) groups excluding carboxylic acids is 2. The number of fused-ring (bicyclic) bond motifs is 1. The number of thiazole rings is 1. The van der Waals surface area contributed by atoms with Crippen LogP contribution >= 0.6 is 34.5 Å². The van der Waals surface area contributed by atoms with E-state index in [1.165, 1.54) is 11.3 Å². The Morgan fingerprint density at radius 2 is 1.91 bits per heavy atom. The lowest BCUT2D eigenvalue weighted by atomic mass is 10.3. The Labute approximate surface area is 216 Å². The van der Waals surface area contributed by atoms with Gasteiger partial charge in [0.2, 0.25) is 0 Å². The van der Waals surface area contributed by atoms with E-state index in [1.54, 1.807) is 13.8 Å². The molecule has 184 valence electrons. The Morgan fingerprint density at radius 1 is 1.20 bits per heavy atom. The smallest absolute Gasteiger partial charge is 0.350 e. The van der Waals surface area contributed by atoms with E-state index >= 15 is 0 Å². The number of amides is 1. The number of carbonyl (C=O) groups is 2. The second-order valence-corrected chi connectivity index (χ2v) is 10.3. The number of aromatic nitrogens is 2. The van der Waals surface area contributed by atoms with Gasteiger partial charge in [0.15, 0.2) is 5.13 Å². The van der Waals surface area contributed by atoms with Crippen molar-refractivity contribution in [3.63, 3.8) is 0 Å². The molecule has 1 saturated carbocycles. The number of H-pyrrole nitrogens is 1. The molecule has 1 aromatic carbocycles. The summed E-state index contributed by atoms with van der Waals surface area (Å²) < 4.78 is 11.1. The minimum Gasteiger partial charge on any atom is -0.487 e. The number of anilines is 1. The summed E-state index contributed by atoms with van der Waals surface area (Å²) in [4.78, 5) is 35.5. The Balaban J connectivity index is 1.24. The third-order valence-corrected chi connectivity index (χ3v) is 8.39. The Bertz CT molecular complexity index is 1250. The summed E-state index contributed by atoms with van der Waals surface area (Å²) in [7, 11) is 0. The van der Waals surface area contributed by atoms with E-state index in [-0.39, 0.29) is 35.9 Å². The average Bonchev–Trinajstić information content (AvgIpc) is 3.23. The summed E-state index contributed by atoms with van der Waals surface area (Å²) in [6.45, 7) is 5.48. The van der Waals surface area contributed by atoms with Crippen molar-refractivity contribution in [3.8, 4) is 5.75 Å². The molecule has 2 aliphatic rings. The molecule has 1 aliphatic carbocycles. The van der Waals surface area contributed by atoms with Crippen molar-refractivity contribution in [2.24, 2.45) is 11.8 Å². The molecule has 3 aromatic rings. The van der Waals surface area contributed by atoms with Crippen molar-refractivity contribution in [1.82, 2.24) is 15.3 Å². The molecular formula is C24H24Cl2N4O4S. The number of hydrogen-bond acceptors (Lipinski definition) is 7. The average molecular weight is 535 g/mol. The molecule has 8 nitrogen and oxygen atoms in total. The van der Waals surface area contributed by atoms with Gasteiger partial charge >= 0.3 is 5.97 Å². The Kier molecular flexibility index (Phi) is 6.65. The SMILES string of the molecule is CCOC(=O)c1sc(N2C[C@@H]3[C@H](C2)[C@@H]3NC(=O)c2[nH]c(C)c(Cl)c2Cl)nc1COc1ccccc1. The standard InChI is InChI=1S/C24H24Cl2N4O4S/c1-3-33-23(32)21-16(11-34-13-7-5-4-6-8-13)28-24(35-21)30-9-14-15(10-30)19(14)29-22(31)20-18(26)17(25)12(2)27-20/h4-8,14-15,19,27H,3,9-11H2,1-2H3,(H,29,31)/t14-,15+,19-. The van der Waals surface area contributed by atoms with Crippen molar-refractivity contribution >= 4 is 51.5 Å². The minimum atomic E-state index is -0.394. The van der Waals surface area contributed by atoms with Crippen LogP contribution in [0.3, 0.4) is 0 Å². The molecule has 3 atom stereocenters. The van der Waals surface area contributed by atoms with Crippen molar-refractivity contribution in [2.75, 3.05) is 24.6 Å². The van der Waals surface area contributed by atoms with Crippen molar-refractivity contribution < 1.29 is 19.1 Å². The van der Waals surface area contributed by atoms with E-state index < -0.39 is 5.97 Å². The molecule has 5 rings (SSSR count). The predicted octanol–water partition coefficient (Wildman–Crippen LogP) is 4.71. The number of rotatable bonds is 8. The summed E-state index contributed by atoms with van der Waals surface area (Å²) in [5, 5.41) is 4.43. The van der Waals surface area contributed by atoms with Crippen LogP contribution in [0.2, 0.25) is 10.0 Å². The quantitative estimate of drug-likeness (QED) is 0.406. The van der Waals surface area contributed by atoms with Gasteiger partial charge in [0.05, 0.1) is 16.7 Å². The fourth-order valence-corrected chi connectivity index (χ4v) is 5.84. The maximum absolute atomic E-state index is 12.7. The predicted molar refractivity (Wildman–Crippen MR) is 135 cm³/mol. The van der Waals surface area contributed by atoms with Gasteiger partial charge in [-0.1, -0.05) is 52.7 Å². The highest BCUT2D eigenvalue weighted by atomic mass is 35.5. The third kappa shape index (κ3) is 4.72. The molecule has 2 aromatic heterocycles. The van der Waals surface area contributed by atoms with Crippen LogP contribution in [0, 0.1) is 18.8 Å². The minimum absolute atomic E-state index is 0.0718. The zero-order valence-electron chi connectivity index (χ0n) is 19.1. The molecule has 1 amide bonds. The van der Waals surface area contributed by atoms with Gasteiger partial charge in [0.1, 0.15) is 28.6 Å². The molecule has 11 heteroatoms. The van der Waals surface area contributed by atoms with Gasteiger partial charge in [-0.05, 0) is 26.0 Å². The van der Waals surface area contributed by atoms with Crippen LogP contribution in [-0.4, -0.2) is 47.6 Å². The number of para-hydroxylation sites is 1. The van der Waals surface area contributed by atoms with Crippen LogP contribution in [0.4, 0.5) is 5.13 Å². The van der Waals surface area contributed by atoms with E-state index in [0.717, 1.165) is 18.2 Å². The van der Waals surface area contributed by atoms with Gasteiger partial charge in [-0.2, -0.15) is 0 Å². The fourth-order valence-electron chi connectivity index (χ4n) is 4.45. The number of nitrogens with zero attached hydrogens (tertiary/aromatic N) is 2. The molecule has 1 saturated heterocycles.